The molecule has 3 aromatic heterocycles. The molecule has 7 nitrogen and oxygen atoms in total. The van der Waals surface area contributed by atoms with Crippen LogP contribution in [0.4, 0.5) is 10.2 Å². The van der Waals surface area contributed by atoms with Gasteiger partial charge in [-0.25, -0.2) is 18.9 Å². The highest BCUT2D eigenvalue weighted by Gasteiger charge is 2.17. The lowest BCUT2D eigenvalue weighted by molar-refractivity contribution is 0.476. The Kier molecular flexibility index (Phi) is 3.58. The van der Waals surface area contributed by atoms with Gasteiger partial charge in [0, 0.05) is 25.0 Å². The zero-order chi connectivity index (χ0) is 15.6. The monoisotopic (exact) mass is 313 g/mol. The van der Waals surface area contributed by atoms with Gasteiger partial charge in [-0.15, -0.1) is 0 Å². The molecule has 0 amide bonds. The van der Waals surface area contributed by atoms with Crippen LogP contribution in [0.5, 0.6) is 0 Å². The molecule has 1 saturated heterocycles. The van der Waals surface area contributed by atoms with Crippen LogP contribution in [0.1, 0.15) is 12.8 Å². The quantitative estimate of drug-likeness (QED) is 0.762. The van der Waals surface area contributed by atoms with Crippen molar-refractivity contribution in [2.75, 3.05) is 18.4 Å². The van der Waals surface area contributed by atoms with Gasteiger partial charge in [-0.1, -0.05) is 0 Å². The molecule has 0 bridgehead atoms. The molecule has 4 heterocycles. The van der Waals surface area contributed by atoms with Crippen LogP contribution in [0.3, 0.4) is 0 Å². The van der Waals surface area contributed by atoms with Crippen LogP contribution in [0.2, 0.25) is 0 Å². The van der Waals surface area contributed by atoms with E-state index in [9.17, 15) is 4.39 Å². The number of aromatic nitrogens is 5. The summed E-state index contributed by atoms with van der Waals surface area (Å²) in [4.78, 5) is 12.5. The summed E-state index contributed by atoms with van der Waals surface area (Å²) in [5.74, 6) is 0.210. The molecule has 1 aliphatic heterocycles. The molecule has 118 valence electrons. The number of hydrogen-bond donors (Lipinski definition) is 2. The molecule has 1 atom stereocenters. The lowest BCUT2D eigenvalue weighted by atomic mass is 10.1. The molecule has 2 N–H and O–H groups in total. The molecule has 8 heteroatoms. The van der Waals surface area contributed by atoms with Crippen molar-refractivity contribution < 1.29 is 4.39 Å². The van der Waals surface area contributed by atoms with E-state index in [1.165, 1.54) is 6.20 Å². The summed E-state index contributed by atoms with van der Waals surface area (Å²) in [7, 11) is 0. The number of nitrogens with one attached hydrogen (secondary N) is 2. The van der Waals surface area contributed by atoms with Crippen molar-refractivity contribution >= 4 is 11.3 Å². The van der Waals surface area contributed by atoms with E-state index >= 15 is 0 Å². The number of hydrogen-bond acceptors (Lipinski definition) is 6. The van der Waals surface area contributed by atoms with E-state index in [2.05, 4.69) is 30.7 Å². The van der Waals surface area contributed by atoms with Crippen LogP contribution in [0.25, 0.3) is 16.9 Å². The highest BCUT2D eigenvalue weighted by atomic mass is 19.1. The van der Waals surface area contributed by atoms with Crippen LogP contribution < -0.4 is 10.6 Å². The van der Waals surface area contributed by atoms with Crippen molar-refractivity contribution in [2.45, 2.75) is 18.9 Å². The Morgan fingerprint density at radius 3 is 3.13 bits per heavy atom. The number of fused-ring (bicyclic) bond motifs is 1. The van der Waals surface area contributed by atoms with E-state index < -0.39 is 5.82 Å². The zero-order valence-electron chi connectivity index (χ0n) is 12.4. The van der Waals surface area contributed by atoms with Crippen molar-refractivity contribution in [3.05, 3.63) is 36.8 Å². The molecule has 0 aliphatic carbocycles. The van der Waals surface area contributed by atoms with Gasteiger partial charge in [-0.2, -0.15) is 5.10 Å². The maximum Gasteiger partial charge on any atom is 0.183 e. The first-order valence-electron chi connectivity index (χ1n) is 7.59. The standard InChI is InChI=1S/C15H16FN7/c16-12-8-19-14(11-7-20-23-5-4-18-9-13(11)23)22-15(12)21-10-2-1-3-17-6-10/h4-5,7-10,17H,1-3,6H2,(H,19,21,22). The Labute approximate surface area is 132 Å². The smallest absolute Gasteiger partial charge is 0.183 e. The SMILES string of the molecule is Fc1cnc(-c2cnn3ccncc23)nc1NC1CCCNC1. The van der Waals surface area contributed by atoms with E-state index in [1.54, 1.807) is 29.3 Å². The summed E-state index contributed by atoms with van der Waals surface area (Å²) in [5, 5.41) is 10.7. The molecule has 0 spiro atoms. The van der Waals surface area contributed by atoms with Gasteiger partial charge in [-0.05, 0) is 19.4 Å². The van der Waals surface area contributed by atoms with Gasteiger partial charge in [0.2, 0.25) is 0 Å². The second kappa shape index (κ2) is 5.88. The van der Waals surface area contributed by atoms with Crippen molar-refractivity contribution in [3.8, 4) is 11.4 Å². The first kappa shape index (κ1) is 14.0. The molecule has 1 aliphatic rings. The van der Waals surface area contributed by atoms with Gasteiger partial charge in [0.05, 0.1) is 29.7 Å². The summed E-state index contributed by atoms with van der Waals surface area (Å²) >= 11 is 0. The fourth-order valence-electron chi connectivity index (χ4n) is 2.77. The van der Waals surface area contributed by atoms with Crippen molar-refractivity contribution in [3.63, 3.8) is 0 Å². The van der Waals surface area contributed by atoms with E-state index in [0.717, 1.165) is 37.0 Å². The number of anilines is 1. The Balaban J connectivity index is 1.68. The van der Waals surface area contributed by atoms with Crippen LogP contribution in [-0.4, -0.2) is 43.7 Å². The molecule has 0 aromatic carbocycles. The molecule has 3 aromatic rings. The summed E-state index contributed by atoms with van der Waals surface area (Å²) in [6.07, 6.45) is 10.0. The summed E-state index contributed by atoms with van der Waals surface area (Å²) in [6.45, 7) is 1.81. The van der Waals surface area contributed by atoms with Crippen molar-refractivity contribution in [1.29, 1.82) is 0 Å². The first-order valence-corrected chi connectivity index (χ1v) is 7.59. The molecular weight excluding hydrogens is 297 g/mol. The predicted octanol–water partition coefficient (Wildman–Crippen LogP) is 1.49. The Morgan fingerprint density at radius 2 is 2.26 bits per heavy atom. The van der Waals surface area contributed by atoms with E-state index in [4.69, 9.17) is 0 Å². The van der Waals surface area contributed by atoms with Crippen LogP contribution in [-0.2, 0) is 0 Å². The third-order valence-corrected chi connectivity index (χ3v) is 3.95. The average molecular weight is 313 g/mol. The van der Waals surface area contributed by atoms with Crippen molar-refractivity contribution in [1.82, 2.24) is 29.9 Å². The largest absolute Gasteiger partial charge is 0.364 e. The number of halogens is 1. The highest BCUT2D eigenvalue weighted by Crippen LogP contribution is 2.23. The van der Waals surface area contributed by atoms with Gasteiger partial charge < -0.3 is 10.6 Å². The lowest BCUT2D eigenvalue weighted by Crippen LogP contribution is -2.38. The fourth-order valence-corrected chi connectivity index (χ4v) is 2.77. The Bertz CT molecular complexity index is 826. The Morgan fingerprint density at radius 1 is 1.30 bits per heavy atom. The second-order valence-corrected chi connectivity index (χ2v) is 5.54. The molecular formula is C15H16FN7. The topological polar surface area (TPSA) is 80.0 Å². The van der Waals surface area contributed by atoms with Gasteiger partial charge in [0.1, 0.15) is 0 Å². The third kappa shape index (κ3) is 2.72. The third-order valence-electron chi connectivity index (χ3n) is 3.95. The highest BCUT2D eigenvalue weighted by molar-refractivity contribution is 5.75. The van der Waals surface area contributed by atoms with Crippen molar-refractivity contribution in [2.24, 2.45) is 0 Å². The zero-order valence-corrected chi connectivity index (χ0v) is 12.4. The van der Waals surface area contributed by atoms with Crippen LogP contribution in [0, 0.1) is 5.82 Å². The molecule has 23 heavy (non-hydrogen) atoms. The van der Waals surface area contributed by atoms with Gasteiger partial charge >= 0.3 is 0 Å². The maximum atomic E-state index is 14.0. The predicted molar refractivity (Wildman–Crippen MR) is 83.5 cm³/mol. The lowest BCUT2D eigenvalue weighted by Gasteiger charge is -2.24. The minimum atomic E-state index is -0.450. The molecule has 4 rings (SSSR count). The van der Waals surface area contributed by atoms with E-state index in [0.29, 0.717) is 5.82 Å². The molecule has 1 unspecified atom stereocenters. The van der Waals surface area contributed by atoms with Gasteiger partial charge in [0.25, 0.3) is 0 Å². The van der Waals surface area contributed by atoms with Crippen LogP contribution >= 0.6 is 0 Å². The molecule has 0 radical (unpaired) electrons. The van der Waals surface area contributed by atoms with E-state index in [1.807, 2.05) is 0 Å². The average Bonchev–Trinajstić information content (AvgIpc) is 3.02. The summed E-state index contributed by atoms with van der Waals surface area (Å²) in [6, 6.07) is 0.173. The van der Waals surface area contributed by atoms with Gasteiger partial charge in [0.15, 0.2) is 17.5 Å². The van der Waals surface area contributed by atoms with E-state index in [-0.39, 0.29) is 11.9 Å². The summed E-state index contributed by atoms with van der Waals surface area (Å²) in [5.41, 5.74) is 1.51. The van der Waals surface area contributed by atoms with Gasteiger partial charge in [-0.3, -0.25) is 4.98 Å². The number of piperidine rings is 1. The summed E-state index contributed by atoms with van der Waals surface area (Å²) < 4.78 is 15.7. The molecule has 1 fully saturated rings. The maximum absolute atomic E-state index is 14.0. The number of rotatable bonds is 3. The normalized spacial score (nSPS) is 18.2. The first-order chi connectivity index (χ1) is 11.3. The fraction of sp³-hybridized carbons (Fsp3) is 0.333. The number of nitrogens with zero attached hydrogens (tertiary/aromatic N) is 5. The second-order valence-electron chi connectivity index (χ2n) is 5.54. The Hall–Kier alpha value is -2.61. The minimum Gasteiger partial charge on any atom is -0.364 e. The molecule has 0 saturated carbocycles. The van der Waals surface area contributed by atoms with Crippen LogP contribution in [0.15, 0.2) is 31.0 Å². The minimum absolute atomic E-state index is 0.173.